The topological polar surface area (TPSA) is 70.6 Å². The van der Waals surface area contributed by atoms with Crippen molar-refractivity contribution in [3.05, 3.63) is 72.6 Å². The fourth-order valence-electron chi connectivity index (χ4n) is 4.12. The normalized spacial score (nSPS) is 14.5. The largest absolute Gasteiger partial charge is 0.497 e. The number of benzene rings is 2. The highest BCUT2D eigenvalue weighted by molar-refractivity contribution is 7.99. The first-order valence-electron chi connectivity index (χ1n) is 12.0. The number of anilines is 2. The van der Waals surface area contributed by atoms with Gasteiger partial charge in [-0.1, -0.05) is 42.1 Å². The molecular weight excluding hydrogens is 458 g/mol. The Labute approximate surface area is 211 Å². The van der Waals surface area contributed by atoms with Crippen molar-refractivity contribution in [1.82, 2.24) is 15.3 Å². The van der Waals surface area contributed by atoms with Gasteiger partial charge in [-0.05, 0) is 49.6 Å². The molecule has 1 N–H and O–H groups in total. The van der Waals surface area contributed by atoms with Crippen LogP contribution >= 0.6 is 11.8 Å². The van der Waals surface area contributed by atoms with Gasteiger partial charge in [0.05, 0.1) is 12.9 Å². The number of thioether (sulfide) groups is 1. The van der Waals surface area contributed by atoms with E-state index < -0.39 is 0 Å². The quantitative estimate of drug-likeness (QED) is 0.339. The lowest BCUT2D eigenvalue weighted by atomic mass is 10.1. The van der Waals surface area contributed by atoms with E-state index in [4.69, 9.17) is 4.74 Å². The summed E-state index contributed by atoms with van der Waals surface area (Å²) in [5, 5.41) is 3.92. The third-order valence-electron chi connectivity index (χ3n) is 6.14. The van der Waals surface area contributed by atoms with Crippen LogP contribution in [-0.2, 0) is 11.2 Å². The average Bonchev–Trinajstić information content (AvgIpc) is 2.92. The van der Waals surface area contributed by atoms with E-state index in [1.165, 1.54) is 23.0 Å². The third-order valence-corrected chi connectivity index (χ3v) is 7.06. The smallest absolute Gasteiger partial charge is 0.230 e. The Morgan fingerprint density at radius 3 is 2.46 bits per heavy atom. The number of piperazine rings is 1. The van der Waals surface area contributed by atoms with Gasteiger partial charge in [0.25, 0.3) is 0 Å². The van der Waals surface area contributed by atoms with Crippen LogP contribution in [0.4, 0.5) is 11.5 Å². The van der Waals surface area contributed by atoms with Crippen molar-refractivity contribution in [1.29, 1.82) is 0 Å². The van der Waals surface area contributed by atoms with E-state index in [-0.39, 0.29) is 11.9 Å². The molecular formula is C27H33N5O2S. The van der Waals surface area contributed by atoms with Crippen LogP contribution < -0.4 is 19.9 Å². The maximum Gasteiger partial charge on any atom is 0.230 e. The van der Waals surface area contributed by atoms with E-state index in [0.29, 0.717) is 5.75 Å². The third kappa shape index (κ3) is 7.36. The van der Waals surface area contributed by atoms with Crippen molar-refractivity contribution >= 4 is 29.2 Å². The molecule has 0 aliphatic carbocycles. The van der Waals surface area contributed by atoms with Crippen LogP contribution in [-0.4, -0.2) is 61.0 Å². The van der Waals surface area contributed by atoms with Crippen molar-refractivity contribution in [2.24, 2.45) is 0 Å². The molecule has 1 atom stereocenters. The van der Waals surface area contributed by atoms with Crippen molar-refractivity contribution in [2.45, 2.75) is 30.8 Å². The summed E-state index contributed by atoms with van der Waals surface area (Å²) in [5.41, 5.74) is 2.50. The molecule has 0 radical (unpaired) electrons. The van der Waals surface area contributed by atoms with Crippen molar-refractivity contribution in [3.8, 4) is 5.75 Å². The summed E-state index contributed by atoms with van der Waals surface area (Å²) in [6.45, 7) is 5.66. The molecule has 7 nitrogen and oxygen atoms in total. The predicted molar refractivity (Wildman–Crippen MR) is 143 cm³/mol. The highest BCUT2D eigenvalue weighted by Gasteiger charge is 2.19. The number of nitrogens with zero attached hydrogens (tertiary/aromatic N) is 4. The van der Waals surface area contributed by atoms with Crippen LogP contribution in [0.2, 0.25) is 0 Å². The molecule has 2 aromatic carbocycles. The van der Waals surface area contributed by atoms with E-state index in [1.54, 1.807) is 13.4 Å². The monoisotopic (exact) mass is 491 g/mol. The van der Waals surface area contributed by atoms with E-state index in [2.05, 4.69) is 56.3 Å². The van der Waals surface area contributed by atoms with Crippen molar-refractivity contribution in [3.63, 3.8) is 0 Å². The Kier molecular flexibility index (Phi) is 8.84. The molecule has 0 unspecified atom stereocenters. The van der Waals surface area contributed by atoms with Gasteiger partial charge in [0, 0.05) is 44.0 Å². The zero-order valence-corrected chi connectivity index (χ0v) is 21.2. The van der Waals surface area contributed by atoms with Gasteiger partial charge >= 0.3 is 0 Å². The maximum atomic E-state index is 12.4. The summed E-state index contributed by atoms with van der Waals surface area (Å²) in [7, 11) is 1.68. The number of hydrogen-bond acceptors (Lipinski definition) is 7. The zero-order valence-electron chi connectivity index (χ0n) is 20.4. The summed E-state index contributed by atoms with van der Waals surface area (Å²) in [4.78, 5) is 25.9. The molecule has 1 aromatic heterocycles. The van der Waals surface area contributed by atoms with E-state index >= 15 is 0 Å². The Hall–Kier alpha value is -3.26. The van der Waals surface area contributed by atoms with E-state index in [0.717, 1.165) is 55.6 Å². The van der Waals surface area contributed by atoms with Crippen LogP contribution in [0.5, 0.6) is 5.75 Å². The Morgan fingerprint density at radius 1 is 1.03 bits per heavy atom. The molecule has 3 aromatic rings. The molecule has 1 saturated heterocycles. The van der Waals surface area contributed by atoms with Crippen LogP contribution in [0.3, 0.4) is 0 Å². The molecule has 1 amide bonds. The zero-order chi connectivity index (χ0) is 24.5. The number of rotatable bonds is 10. The molecule has 2 heterocycles. The van der Waals surface area contributed by atoms with Gasteiger partial charge in [0.1, 0.15) is 22.9 Å². The number of amides is 1. The standard InChI is InChI=1S/C27H33N5O2S/c1-21(8-9-22-6-4-3-5-7-22)30-26(33)19-35-27-18-25(28-20-29-27)32-16-14-31(15-17-32)23-10-12-24(34-2)13-11-23/h3-7,10-13,18,20-21H,8-9,14-17,19H2,1-2H3,(H,30,33)/t21-/m1/s1. The van der Waals surface area contributed by atoms with Gasteiger partial charge in [0.2, 0.25) is 5.91 Å². The molecule has 0 saturated carbocycles. The highest BCUT2D eigenvalue weighted by atomic mass is 32.2. The van der Waals surface area contributed by atoms with Gasteiger partial charge < -0.3 is 19.9 Å². The molecule has 1 aliphatic heterocycles. The fourth-order valence-corrected chi connectivity index (χ4v) is 4.80. The molecule has 184 valence electrons. The number of hydrogen-bond donors (Lipinski definition) is 1. The van der Waals surface area contributed by atoms with Crippen molar-refractivity contribution < 1.29 is 9.53 Å². The molecule has 1 aliphatic rings. The summed E-state index contributed by atoms with van der Waals surface area (Å²) in [6.07, 6.45) is 3.46. The van der Waals surface area contributed by atoms with Gasteiger partial charge in [-0.3, -0.25) is 4.79 Å². The molecule has 4 rings (SSSR count). The fraction of sp³-hybridized carbons (Fsp3) is 0.370. The lowest BCUT2D eigenvalue weighted by molar-refractivity contribution is -0.119. The molecule has 35 heavy (non-hydrogen) atoms. The van der Waals surface area contributed by atoms with Crippen LogP contribution in [0.1, 0.15) is 18.9 Å². The van der Waals surface area contributed by atoms with Crippen LogP contribution in [0.15, 0.2) is 72.0 Å². The lowest BCUT2D eigenvalue weighted by Gasteiger charge is -2.36. The number of carbonyl (C=O) groups is 1. The second-order valence-corrected chi connectivity index (χ2v) is 9.66. The average molecular weight is 492 g/mol. The second-order valence-electron chi connectivity index (χ2n) is 8.67. The number of nitrogens with one attached hydrogen (secondary N) is 1. The summed E-state index contributed by atoms with van der Waals surface area (Å²) >= 11 is 1.45. The van der Waals surface area contributed by atoms with E-state index in [9.17, 15) is 4.79 Å². The minimum absolute atomic E-state index is 0.0313. The minimum Gasteiger partial charge on any atom is -0.497 e. The SMILES string of the molecule is COc1ccc(N2CCN(c3cc(SCC(=O)N[C@H](C)CCc4ccccc4)ncn3)CC2)cc1. The first-order chi connectivity index (χ1) is 17.1. The summed E-state index contributed by atoms with van der Waals surface area (Å²) in [6, 6.07) is 20.7. The Morgan fingerprint density at radius 2 is 1.74 bits per heavy atom. The predicted octanol–water partition coefficient (Wildman–Crippen LogP) is 4.04. The molecule has 1 fully saturated rings. The summed E-state index contributed by atoms with van der Waals surface area (Å²) < 4.78 is 5.26. The number of aromatic nitrogens is 2. The van der Waals surface area contributed by atoms with Gasteiger partial charge in [-0.15, -0.1) is 0 Å². The Bertz CT molecular complexity index is 1070. The number of ether oxygens (including phenoxy) is 1. The highest BCUT2D eigenvalue weighted by Crippen LogP contribution is 2.24. The van der Waals surface area contributed by atoms with Crippen LogP contribution in [0.25, 0.3) is 0 Å². The van der Waals surface area contributed by atoms with E-state index in [1.807, 2.05) is 36.4 Å². The first-order valence-corrected chi connectivity index (χ1v) is 13.0. The van der Waals surface area contributed by atoms with Crippen LogP contribution in [0, 0.1) is 0 Å². The molecule has 8 heteroatoms. The summed E-state index contributed by atoms with van der Waals surface area (Å²) in [5.74, 6) is 2.16. The first kappa shape index (κ1) is 24.9. The maximum absolute atomic E-state index is 12.4. The lowest BCUT2D eigenvalue weighted by Crippen LogP contribution is -2.46. The number of carbonyl (C=O) groups excluding carboxylic acids is 1. The molecule has 0 spiro atoms. The molecule has 0 bridgehead atoms. The van der Waals surface area contributed by atoms with Gasteiger partial charge in [-0.25, -0.2) is 9.97 Å². The Balaban J connectivity index is 1.22. The van der Waals surface area contributed by atoms with Gasteiger partial charge in [-0.2, -0.15) is 0 Å². The second kappa shape index (κ2) is 12.4. The number of aryl methyl sites for hydroxylation is 1. The van der Waals surface area contributed by atoms with Crippen molar-refractivity contribution in [2.75, 3.05) is 48.8 Å². The number of methoxy groups -OCH3 is 1. The van der Waals surface area contributed by atoms with Gasteiger partial charge in [0.15, 0.2) is 0 Å². The minimum atomic E-state index is 0.0313.